The molecule has 1 unspecified atom stereocenters. The highest BCUT2D eigenvalue weighted by Crippen LogP contribution is 2.43. The lowest BCUT2D eigenvalue weighted by molar-refractivity contribution is -0.870. The number of nitrogens with zero attached hydrogens (tertiary/aromatic N) is 1. The van der Waals surface area contributed by atoms with Crippen LogP contribution in [0.5, 0.6) is 0 Å². The van der Waals surface area contributed by atoms with Gasteiger partial charge >= 0.3 is 19.8 Å². The van der Waals surface area contributed by atoms with Crippen molar-refractivity contribution >= 4 is 19.8 Å². The Bertz CT molecular complexity index is 958. The van der Waals surface area contributed by atoms with Gasteiger partial charge in [0.25, 0.3) is 0 Å². The fraction of sp³-hybridized carbons (Fsp3) is 0.958. The minimum Gasteiger partial charge on any atom is -0.462 e. The van der Waals surface area contributed by atoms with E-state index in [1.807, 2.05) is 21.1 Å². The number of esters is 2. The SMILES string of the molecule is CCCCCCCCCCCCCCCCCCCC(=O)OC[C@@H](COP(=O)(O)OCC[N+](C)(C)C)OC(=O)CCCCCCCCCCCCCCCCCCC. The Morgan fingerprint density at radius 2 is 0.776 bits per heavy atom. The number of quaternary nitrogens is 1. The third-order valence-electron chi connectivity index (χ3n) is 11.1. The molecule has 0 aromatic carbocycles. The van der Waals surface area contributed by atoms with E-state index in [1.165, 1.54) is 180 Å². The first-order valence-corrected chi connectivity index (χ1v) is 26.3. The highest BCUT2D eigenvalue weighted by Gasteiger charge is 2.27. The van der Waals surface area contributed by atoms with Crippen molar-refractivity contribution in [1.29, 1.82) is 0 Å². The maximum Gasteiger partial charge on any atom is 0.472 e. The number of rotatable bonds is 46. The molecule has 0 amide bonds. The van der Waals surface area contributed by atoms with Crippen LogP contribution in [0.3, 0.4) is 0 Å². The number of phosphoric ester groups is 1. The van der Waals surface area contributed by atoms with E-state index in [9.17, 15) is 19.0 Å². The van der Waals surface area contributed by atoms with E-state index in [1.54, 1.807) is 0 Å². The van der Waals surface area contributed by atoms with Gasteiger partial charge in [-0.3, -0.25) is 18.6 Å². The van der Waals surface area contributed by atoms with E-state index >= 15 is 0 Å². The highest BCUT2D eigenvalue weighted by atomic mass is 31.2. The van der Waals surface area contributed by atoms with Crippen molar-refractivity contribution in [3.8, 4) is 0 Å². The summed E-state index contributed by atoms with van der Waals surface area (Å²) in [6.45, 7) is 4.48. The van der Waals surface area contributed by atoms with E-state index in [4.69, 9.17) is 18.5 Å². The van der Waals surface area contributed by atoms with Crippen molar-refractivity contribution in [3.63, 3.8) is 0 Å². The van der Waals surface area contributed by atoms with Crippen molar-refractivity contribution in [1.82, 2.24) is 0 Å². The number of ether oxygens (including phenoxy) is 2. The van der Waals surface area contributed by atoms with Gasteiger partial charge < -0.3 is 18.9 Å². The number of unbranched alkanes of at least 4 members (excludes halogenated alkanes) is 32. The summed E-state index contributed by atoms with van der Waals surface area (Å²) in [5, 5.41) is 0. The normalized spacial score (nSPS) is 13.4. The van der Waals surface area contributed by atoms with Gasteiger partial charge in [-0.2, -0.15) is 0 Å². The van der Waals surface area contributed by atoms with Crippen molar-refractivity contribution in [2.45, 2.75) is 251 Å². The maximum atomic E-state index is 12.7. The molecule has 0 bridgehead atoms. The fourth-order valence-corrected chi connectivity index (χ4v) is 7.99. The molecule has 2 atom stereocenters. The Hall–Kier alpha value is -0.990. The largest absolute Gasteiger partial charge is 0.472 e. The molecular formula is C48H97NO8P+. The zero-order valence-electron chi connectivity index (χ0n) is 39.1. The second kappa shape index (κ2) is 41.4. The lowest BCUT2D eigenvalue weighted by atomic mass is 10.0. The Morgan fingerprint density at radius 1 is 0.466 bits per heavy atom. The zero-order chi connectivity index (χ0) is 42.8. The quantitative estimate of drug-likeness (QED) is 0.0279. The molecule has 0 aliphatic heterocycles. The average molecular weight is 847 g/mol. The Kier molecular flexibility index (Phi) is 40.7. The smallest absolute Gasteiger partial charge is 0.462 e. The molecule has 0 saturated carbocycles. The van der Waals surface area contributed by atoms with Crippen molar-refractivity contribution < 1.29 is 42.1 Å². The van der Waals surface area contributed by atoms with E-state index in [0.717, 1.165) is 38.5 Å². The first-order valence-electron chi connectivity index (χ1n) is 24.8. The molecule has 0 spiro atoms. The van der Waals surface area contributed by atoms with Gasteiger partial charge in [0.2, 0.25) is 0 Å². The Balaban J connectivity index is 4.23. The van der Waals surface area contributed by atoms with E-state index in [0.29, 0.717) is 17.4 Å². The van der Waals surface area contributed by atoms with Gasteiger partial charge in [0, 0.05) is 12.8 Å². The van der Waals surface area contributed by atoms with Gasteiger partial charge in [-0.15, -0.1) is 0 Å². The molecule has 9 nitrogen and oxygen atoms in total. The van der Waals surface area contributed by atoms with E-state index in [2.05, 4.69) is 13.8 Å². The zero-order valence-corrected chi connectivity index (χ0v) is 40.0. The van der Waals surface area contributed by atoms with Crippen LogP contribution in [0, 0.1) is 0 Å². The molecule has 0 aromatic heterocycles. The first kappa shape index (κ1) is 57.0. The van der Waals surface area contributed by atoms with Crippen LogP contribution in [-0.2, 0) is 32.7 Å². The number of carbonyl (C=O) groups excluding carboxylic acids is 2. The Labute approximate surface area is 359 Å². The molecule has 0 heterocycles. The summed E-state index contributed by atoms with van der Waals surface area (Å²) in [5.41, 5.74) is 0. The number of carbonyl (C=O) groups is 2. The summed E-state index contributed by atoms with van der Waals surface area (Å²) in [6, 6.07) is 0. The molecule has 0 saturated heterocycles. The van der Waals surface area contributed by atoms with Gasteiger partial charge in [0.05, 0.1) is 27.7 Å². The molecule has 0 aliphatic rings. The molecule has 0 rings (SSSR count). The van der Waals surface area contributed by atoms with Crippen LogP contribution >= 0.6 is 7.82 Å². The molecule has 0 fully saturated rings. The van der Waals surface area contributed by atoms with E-state index in [-0.39, 0.29) is 25.6 Å². The lowest BCUT2D eigenvalue weighted by Gasteiger charge is -2.24. The summed E-state index contributed by atoms with van der Waals surface area (Å²) in [7, 11) is 1.50. The average Bonchev–Trinajstić information content (AvgIpc) is 3.17. The monoisotopic (exact) mass is 847 g/mol. The minimum absolute atomic E-state index is 0.0371. The van der Waals surface area contributed by atoms with Crippen LogP contribution in [0.2, 0.25) is 0 Å². The van der Waals surface area contributed by atoms with Gasteiger partial charge in [0.1, 0.15) is 19.8 Å². The molecule has 58 heavy (non-hydrogen) atoms. The van der Waals surface area contributed by atoms with Crippen LogP contribution in [0.25, 0.3) is 0 Å². The first-order chi connectivity index (χ1) is 28.0. The number of likely N-dealkylation sites (N-methyl/N-ethyl adjacent to an activating group) is 1. The predicted octanol–water partition coefficient (Wildman–Crippen LogP) is 14.4. The van der Waals surface area contributed by atoms with Gasteiger partial charge in [-0.05, 0) is 12.8 Å². The number of hydrogen-bond donors (Lipinski definition) is 1. The van der Waals surface area contributed by atoms with Gasteiger partial charge in [0.15, 0.2) is 6.10 Å². The second-order valence-electron chi connectivity index (χ2n) is 18.2. The van der Waals surface area contributed by atoms with Gasteiger partial charge in [-0.25, -0.2) is 4.57 Å². The highest BCUT2D eigenvalue weighted by molar-refractivity contribution is 7.47. The topological polar surface area (TPSA) is 108 Å². The van der Waals surface area contributed by atoms with Crippen LogP contribution in [0.4, 0.5) is 0 Å². The Morgan fingerprint density at radius 3 is 1.10 bits per heavy atom. The molecule has 1 N–H and O–H groups in total. The van der Waals surface area contributed by atoms with Crippen molar-refractivity contribution in [2.75, 3.05) is 47.5 Å². The van der Waals surface area contributed by atoms with Crippen LogP contribution in [0.15, 0.2) is 0 Å². The van der Waals surface area contributed by atoms with Crippen LogP contribution < -0.4 is 0 Å². The molecular weight excluding hydrogens is 750 g/mol. The van der Waals surface area contributed by atoms with Gasteiger partial charge in [-0.1, -0.05) is 219 Å². The summed E-state index contributed by atoms with van der Waals surface area (Å²) in [4.78, 5) is 35.5. The standard InChI is InChI=1S/C48H96NO8P/c1-6-8-10-12-14-16-18-20-22-24-26-28-30-32-34-36-38-40-47(50)54-44-46(45-56-58(52,53)55-43-42-49(3,4)5)57-48(51)41-39-37-35-33-31-29-27-25-23-21-19-17-15-13-11-9-7-2/h46H,6-45H2,1-5H3/p+1/t46-/m0/s1. The molecule has 0 aromatic rings. The second-order valence-corrected chi connectivity index (χ2v) is 19.7. The number of phosphoric acid groups is 1. The molecule has 10 heteroatoms. The third-order valence-corrected chi connectivity index (χ3v) is 12.1. The van der Waals surface area contributed by atoms with Crippen molar-refractivity contribution in [3.05, 3.63) is 0 Å². The summed E-state index contributed by atoms with van der Waals surface area (Å²) < 4.78 is 34.4. The van der Waals surface area contributed by atoms with Crippen LogP contribution in [0.1, 0.15) is 245 Å². The molecule has 0 aliphatic carbocycles. The minimum atomic E-state index is -4.37. The summed E-state index contributed by atoms with van der Waals surface area (Å²) in [5.74, 6) is -0.779. The summed E-state index contributed by atoms with van der Waals surface area (Å²) >= 11 is 0. The number of hydrogen-bond acceptors (Lipinski definition) is 7. The third kappa shape index (κ3) is 44.6. The van der Waals surface area contributed by atoms with E-state index < -0.39 is 26.5 Å². The molecule has 0 radical (unpaired) electrons. The van der Waals surface area contributed by atoms with Crippen molar-refractivity contribution in [2.24, 2.45) is 0 Å². The lowest BCUT2D eigenvalue weighted by Crippen LogP contribution is -2.37. The predicted molar refractivity (Wildman–Crippen MR) is 243 cm³/mol. The fourth-order valence-electron chi connectivity index (χ4n) is 7.25. The summed E-state index contributed by atoms with van der Waals surface area (Å²) in [6.07, 6.45) is 42.9. The van der Waals surface area contributed by atoms with Crippen LogP contribution in [-0.4, -0.2) is 74.9 Å². The maximum absolute atomic E-state index is 12.7. The molecule has 346 valence electrons.